The van der Waals surface area contributed by atoms with Crippen molar-refractivity contribution in [3.63, 3.8) is 0 Å². The third kappa shape index (κ3) is 5.06. The van der Waals surface area contributed by atoms with Crippen LogP contribution >= 0.6 is 11.6 Å². The number of pyridine rings is 2. The number of hydrogen-bond donors (Lipinski definition) is 1. The van der Waals surface area contributed by atoms with Gasteiger partial charge in [-0.1, -0.05) is 11.6 Å². The zero-order valence-electron chi connectivity index (χ0n) is 17.0. The number of aromatic amines is 1. The molecule has 0 saturated carbocycles. The number of methoxy groups -OCH3 is 1. The van der Waals surface area contributed by atoms with Crippen molar-refractivity contribution in [1.29, 1.82) is 0 Å². The summed E-state index contributed by atoms with van der Waals surface area (Å²) in [7, 11) is 1.45. The molecule has 4 aromatic rings. The van der Waals surface area contributed by atoms with E-state index in [4.69, 9.17) is 21.1 Å². The monoisotopic (exact) mass is 478 g/mol. The summed E-state index contributed by atoms with van der Waals surface area (Å²) in [5.41, 5.74) is 0.591. The summed E-state index contributed by atoms with van der Waals surface area (Å²) in [6.45, 7) is -0.416. The van der Waals surface area contributed by atoms with Crippen LogP contribution in [0.3, 0.4) is 0 Å². The third-order valence-corrected chi connectivity index (χ3v) is 4.86. The highest BCUT2D eigenvalue weighted by Gasteiger charge is 2.34. The number of aromatic nitrogens is 4. The van der Waals surface area contributed by atoms with E-state index in [1.165, 1.54) is 19.4 Å². The van der Waals surface area contributed by atoms with E-state index in [1.807, 2.05) is 0 Å². The van der Waals surface area contributed by atoms with E-state index in [0.717, 1.165) is 12.3 Å². The Hall–Kier alpha value is -3.66. The average molecular weight is 479 g/mol. The number of rotatable bonds is 6. The first-order valence-corrected chi connectivity index (χ1v) is 9.82. The Bertz CT molecular complexity index is 1280. The lowest BCUT2D eigenvalue weighted by Gasteiger charge is -2.14. The molecule has 33 heavy (non-hydrogen) atoms. The van der Waals surface area contributed by atoms with E-state index in [0.29, 0.717) is 28.4 Å². The second-order valence-corrected chi connectivity index (χ2v) is 7.25. The van der Waals surface area contributed by atoms with E-state index in [2.05, 4.69) is 19.9 Å². The van der Waals surface area contributed by atoms with Crippen molar-refractivity contribution in [2.24, 2.45) is 0 Å². The molecule has 0 unspecified atom stereocenters. The molecule has 0 fully saturated rings. The first kappa shape index (κ1) is 22.5. The summed E-state index contributed by atoms with van der Waals surface area (Å²) in [6, 6.07) is 8.38. The molecular weight excluding hydrogens is 464 g/mol. The number of nitrogens with one attached hydrogen (secondary N) is 1. The summed E-state index contributed by atoms with van der Waals surface area (Å²) in [6.07, 6.45) is -0.557. The van der Waals surface area contributed by atoms with Crippen molar-refractivity contribution >= 4 is 11.6 Å². The van der Waals surface area contributed by atoms with Crippen LogP contribution in [0.2, 0.25) is 5.02 Å². The standard InChI is InChI=1S/C22H15ClF4N4O2/c1-32-19-7-14(33-11-18-16(22(25,26)27)6-13(23)9-28-18)3-4-15(19)17-10-30-21(31-17)12-2-5-20(24)29-8-12/h2-10H,11H2,1H3,(H,30,31). The van der Waals surface area contributed by atoms with Crippen molar-refractivity contribution in [2.75, 3.05) is 7.11 Å². The van der Waals surface area contributed by atoms with E-state index in [-0.39, 0.29) is 16.5 Å². The van der Waals surface area contributed by atoms with Gasteiger partial charge < -0.3 is 14.5 Å². The lowest BCUT2D eigenvalue weighted by molar-refractivity contribution is -0.138. The molecule has 1 N–H and O–H groups in total. The second kappa shape index (κ2) is 9.07. The van der Waals surface area contributed by atoms with E-state index >= 15 is 0 Å². The minimum Gasteiger partial charge on any atom is -0.496 e. The van der Waals surface area contributed by atoms with Crippen molar-refractivity contribution in [3.05, 3.63) is 77.2 Å². The molecule has 0 bridgehead atoms. The van der Waals surface area contributed by atoms with Crippen molar-refractivity contribution < 1.29 is 27.0 Å². The van der Waals surface area contributed by atoms with Gasteiger partial charge in [0.15, 0.2) is 0 Å². The third-order valence-electron chi connectivity index (χ3n) is 4.66. The minimum atomic E-state index is -4.61. The molecule has 0 aliphatic heterocycles. The maximum atomic E-state index is 13.3. The van der Waals surface area contributed by atoms with Gasteiger partial charge in [0.25, 0.3) is 0 Å². The second-order valence-electron chi connectivity index (χ2n) is 6.81. The molecule has 6 nitrogen and oxygen atoms in total. The molecule has 0 aliphatic rings. The van der Waals surface area contributed by atoms with Crippen molar-refractivity contribution in [1.82, 2.24) is 19.9 Å². The van der Waals surface area contributed by atoms with Crippen LogP contribution < -0.4 is 9.47 Å². The molecule has 3 heterocycles. The summed E-state index contributed by atoms with van der Waals surface area (Å²) in [5, 5.41) is -0.118. The molecule has 4 rings (SSSR count). The zero-order valence-corrected chi connectivity index (χ0v) is 17.7. The first-order valence-electron chi connectivity index (χ1n) is 9.44. The van der Waals surface area contributed by atoms with Gasteiger partial charge in [0.2, 0.25) is 5.95 Å². The number of halogens is 5. The average Bonchev–Trinajstić information content (AvgIpc) is 3.28. The number of ether oxygens (including phenoxy) is 2. The fourth-order valence-corrected chi connectivity index (χ4v) is 3.24. The number of alkyl halides is 3. The minimum absolute atomic E-state index is 0.118. The topological polar surface area (TPSA) is 72.9 Å². The quantitative estimate of drug-likeness (QED) is 0.274. The largest absolute Gasteiger partial charge is 0.496 e. The van der Waals surface area contributed by atoms with Gasteiger partial charge in [-0.05, 0) is 30.3 Å². The van der Waals surface area contributed by atoms with Crippen molar-refractivity contribution in [2.45, 2.75) is 12.8 Å². The zero-order chi connectivity index (χ0) is 23.6. The fraction of sp³-hybridized carbons (Fsp3) is 0.136. The van der Waals surface area contributed by atoms with Gasteiger partial charge in [0.1, 0.15) is 23.9 Å². The molecule has 0 amide bonds. The normalized spacial score (nSPS) is 11.5. The van der Waals surface area contributed by atoms with Crippen LogP contribution in [0.1, 0.15) is 11.3 Å². The van der Waals surface area contributed by atoms with Gasteiger partial charge in [-0.2, -0.15) is 17.6 Å². The molecule has 0 spiro atoms. The Morgan fingerprint density at radius 1 is 1.00 bits per heavy atom. The summed E-state index contributed by atoms with van der Waals surface area (Å²) >= 11 is 5.65. The Morgan fingerprint density at radius 3 is 2.52 bits per heavy atom. The number of hydrogen-bond acceptors (Lipinski definition) is 5. The van der Waals surface area contributed by atoms with Crippen LogP contribution in [-0.4, -0.2) is 27.0 Å². The van der Waals surface area contributed by atoms with Crippen LogP contribution in [-0.2, 0) is 12.8 Å². The van der Waals surface area contributed by atoms with Gasteiger partial charge in [-0.15, -0.1) is 0 Å². The lowest BCUT2D eigenvalue weighted by atomic mass is 10.1. The van der Waals surface area contributed by atoms with Crippen LogP contribution in [0.15, 0.2) is 55.0 Å². The van der Waals surface area contributed by atoms with Gasteiger partial charge in [-0.3, -0.25) is 4.98 Å². The number of imidazole rings is 1. The molecule has 0 radical (unpaired) electrons. The Balaban J connectivity index is 1.56. The van der Waals surface area contributed by atoms with E-state index in [9.17, 15) is 17.6 Å². The lowest BCUT2D eigenvalue weighted by Crippen LogP contribution is -2.12. The van der Waals surface area contributed by atoms with E-state index in [1.54, 1.807) is 30.5 Å². The Morgan fingerprint density at radius 2 is 1.82 bits per heavy atom. The number of benzene rings is 1. The molecule has 3 aromatic heterocycles. The van der Waals surface area contributed by atoms with E-state index < -0.39 is 24.3 Å². The number of H-pyrrole nitrogens is 1. The predicted octanol–water partition coefficient (Wildman–Crippen LogP) is 5.93. The van der Waals surface area contributed by atoms with Crippen LogP contribution in [0.25, 0.3) is 22.6 Å². The maximum Gasteiger partial charge on any atom is 0.418 e. The molecule has 170 valence electrons. The smallest absolute Gasteiger partial charge is 0.418 e. The summed E-state index contributed by atoms with van der Waals surface area (Å²) in [5.74, 6) is 0.565. The predicted molar refractivity (Wildman–Crippen MR) is 112 cm³/mol. The molecule has 11 heteroatoms. The SMILES string of the molecule is COc1cc(OCc2ncc(Cl)cc2C(F)(F)F)ccc1-c1cnc(-c2ccc(F)nc2)[nH]1. The highest BCUT2D eigenvalue weighted by atomic mass is 35.5. The molecule has 0 saturated heterocycles. The van der Waals surface area contributed by atoms with Crippen molar-refractivity contribution in [3.8, 4) is 34.1 Å². The fourth-order valence-electron chi connectivity index (χ4n) is 3.08. The highest BCUT2D eigenvalue weighted by molar-refractivity contribution is 6.30. The Labute approximate surface area is 190 Å². The van der Waals surface area contributed by atoms with Gasteiger partial charge in [0.05, 0.1) is 35.3 Å². The number of nitrogens with zero attached hydrogens (tertiary/aromatic N) is 3. The molecule has 0 atom stereocenters. The van der Waals surface area contributed by atoms with Crippen LogP contribution in [0.4, 0.5) is 17.6 Å². The van der Waals surface area contributed by atoms with Gasteiger partial charge in [0, 0.05) is 29.6 Å². The summed E-state index contributed by atoms with van der Waals surface area (Å²) in [4.78, 5) is 14.7. The maximum absolute atomic E-state index is 13.3. The molecule has 0 aliphatic carbocycles. The molecule has 1 aromatic carbocycles. The Kier molecular flexibility index (Phi) is 6.19. The van der Waals surface area contributed by atoms with Crippen LogP contribution in [0.5, 0.6) is 11.5 Å². The van der Waals surface area contributed by atoms with Gasteiger partial charge >= 0.3 is 6.18 Å². The summed E-state index contributed by atoms with van der Waals surface area (Å²) < 4.78 is 63.7. The van der Waals surface area contributed by atoms with Gasteiger partial charge in [-0.25, -0.2) is 9.97 Å². The highest BCUT2D eigenvalue weighted by Crippen LogP contribution is 2.35. The van der Waals surface area contributed by atoms with Crippen LogP contribution in [0, 0.1) is 5.95 Å². The molecular formula is C22H15ClF4N4O2. The first-order chi connectivity index (χ1) is 15.7.